The number of rotatable bonds is 10. The van der Waals surface area contributed by atoms with Crippen molar-refractivity contribution in [2.75, 3.05) is 18.5 Å². The number of fused-ring (bicyclic) bond motifs is 1. The third-order valence-corrected chi connectivity index (χ3v) is 6.35. The average molecular weight is 504 g/mol. The molecule has 1 N–H and O–H groups in total. The van der Waals surface area contributed by atoms with E-state index in [1.54, 1.807) is 24.3 Å². The van der Waals surface area contributed by atoms with E-state index in [1.807, 2.05) is 68.9 Å². The van der Waals surface area contributed by atoms with E-state index in [2.05, 4.69) is 17.3 Å². The fourth-order valence-electron chi connectivity index (χ4n) is 3.96. The zero-order valence-electron chi connectivity index (χ0n) is 22.2. The van der Waals surface area contributed by atoms with Crippen molar-refractivity contribution in [2.45, 2.75) is 46.6 Å². The molecule has 0 aliphatic carbocycles. The molecular weight excluding hydrogens is 468 g/mol. The lowest BCUT2D eigenvalue weighted by Crippen LogP contribution is -2.43. The summed E-state index contributed by atoms with van der Waals surface area (Å²) < 4.78 is 7.88. The molecule has 2 heterocycles. The monoisotopic (exact) mass is 503 g/mol. The van der Waals surface area contributed by atoms with Gasteiger partial charge in [-0.05, 0) is 54.3 Å². The predicted molar refractivity (Wildman–Crippen MR) is 141 cm³/mol. The Morgan fingerprint density at radius 3 is 2.19 bits per heavy atom. The van der Waals surface area contributed by atoms with E-state index < -0.39 is 17.9 Å². The number of aromatic nitrogens is 2. The second-order valence-corrected chi connectivity index (χ2v) is 10.3. The summed E-state index contributed by atoms with van der Waals surface area (Å²) in [5.74, 6) is 0.729. The number of ether oxygens (including phenoxy) is 1. The van der Waals surface area contributed by atoms with Crippen LogP contribution in [0.3, 0.4) is 0 Å². The van der Waals surface area contributed by atoms with E-state index in [4.69, 9.17) is 9.57 Å². The normalized spacial score (nSPS) is 14.0. The number of hydrogen-bond donors (Lipinski definition) is 1. The number of nitrogens with one attached hydrogen (secondary N) is 1. The fourth-order valence-corrected chi connectivity index (χ4v) is 3.96. The standard InChI is InChI=1S/C29H34N4O4/c1-6-7-18-30-26-17-16-24(31-32(26)5)20-12-14-21(15-13-20)36-19-25(29(2,3)4)37-33-27(34)22-10-8-9-11-23(22)28(33)35/h8-17,25H,6-7,18-19H2,1-5H3/p+1/t25-/m1/s1. The summed E-state index contributed by atoms with van der Waals surface area (Å²) in [5, 5.41) is 8.93. The number of carbonyl (C=O) groups excluding carboxylic acids is 2. The molecule has 3 aromatic rings. The number of hydroxylamine groups is 2. The third-order valence-electron chi connectivity index (χ3n) is 6.35. The van der Waals surface area contributed by atoms with Gasteiger partial charge >= 0.3 is 0 Å². The molecule has 0 radical (unpaired) electrons. The van der Waals surface area contributed by atoms with Crippen molar-refractivity contribution < 1.29 is 23.8 Å². The molecule has 8 heteroatoms. The first kappa shape index (κ1) is 26.3. The molecule has 1 aliphatic heterocycles. The Balaban J connectivity index is 1.40. The minimum atomic E-state index is -0.539. The van der Waals surface area contributed by atoms with Crippen molar-refractivity contribution in [3.63, 3.8) is 0 Å². The molecule has 1 aliphatic rings. The zero-order valence-corrected chi connectivity index (χ0v) is 22.2. The van der Waals surface area contributed by atoms with Gasteiger partial charge in [-0.3, -0.25) is 19.7 Å². The Labute approximate surface area is 218 Å². The van der Waals surface area contributed by atoms with Crippen molar-refractivity contribution in [2.24, 2.45) is 12.5 Å². The van der Waals surface area contributed by atoms with Crippen LogP contribution in [0, 0.1) is 5.41 Å². The number of anilines is 1. The lowest BCUT2D eigenvalue weighted by molar-refractivity contribution is -0.716. The molecule has 8 nitrogen and oxygen atoms in total. The Bertz CT molecular complexity index is 1230. The van der Waals surface area contributed by atoms with Gasteiger partial charge in [-0.15, -0.1) is 9.75 Å². The van der Waals surface area contributed by atoms with Crippen molar-refractivity contribution >= 4 is 17.6 Å². The topological polar surface area (TPSA) is 84.6 Å². The van der Waals surface area contributed by atoms with Gasteiger partial charge in [0.2, 0.25) is 0 Å². The summed E-state index contributed by atoms with van der Waals surface area (Å²) in [6, 6.07) is 18.4. The Morgan fingerprint density at radius 1 is 0.973 bits per heavy atom. The van der Waals surface area contributed by atoms with Gasteiger partial charge in [0.25, 0.3) is 17.6 Å². The van der Waals surface area contributed by atoms with Crippen LogP contribution >= 0.6 is 0 Å². The maximum atomic E-state index is 12.8. The smallest absolute Gasteiger partial charge is 0.294 e. The summed E-state index contributed by atoms with van der Waals surface area (Å²) in [5.41, 5.74) is 2.14. The molecule has 0 saturated heterocycles. The zero-order chi connectivity index (χ0) is 26.6. The van der Waals surface area contributed by atoms with Gasteiger partial charge in [-0.1, -0.05) is 51.3 Å². The maximum absolute atomic E-state index is 12.8. The van der Waals surface area contributed by atoms with Crippen LogP contribution < -0.4 is 14.7 Å². The van der Waals surface area contributed by atoms with Gasteiger partial charge in [-0.2, -0.15) is 0 Å². The number of amides is 2. The van der Waals surface area contributed by atoms with Crippen molar-refractivity contribution in [1.82, 2.24) is 10.2 Å². The van der Waals surface area contributed by atoms with E-state index in [0.29, 0.717) is 16.9 Å². The molecular formula is C29H35N4O4+. The summed E-state index contributed by atoms with van der Waals surface area (Å²) in [7, 11) is 1.93. The molecule has 37 heavy (non-hydrogen) atoms. The fraction of sp³-hybridized carbons (Fsp3) is 0.379. The van der Waals surface area contributed by atoms with Crippen LogP contribution in [0.4, 0.5) is 5.82 Å². The predicted octanol–water partition coefficient (Wildman–Crippen LogP) is 4.81. The highest BCUT2D eigenvalue weighted by Gasteiger charge is 2.40. The van der Waals surface area contributed by atoms with E-state index in [0.717, 1.165) is 41.5 Å². The number of nitrogens with zero attached hydrogens (tertiary/aromatic N) is 3. The molecule has 194 valence electrons. The summed E-state index contributed by atoms with van der Waals surface area (Å²) in [4.78, 5) is 31.5. The summed E-state index contributed by atoms with van der Waals surface area (Å²) in [6.45, 7) is 9.20. The molecule has 2 amide bonds. The van der Waals surface area contributed by atoms with Gasteiger partial charge in [-0.25, -0.2) is 0 Å². The molecule has 1 atom stereocenters. The number of aryl methyl sites for hydroxylation is 1. The van der Waals surface area contributed by atoms with E-state index in [-0.39, 0.29) is 12.0 Å². The summed E-state index contributed by atoms with van der Waals surface area (Å²) >= 11 is 0. The van der Waals surface area contributed by atoms with Gasteiger partial charge in [0.15, 0.2) is 0 Å². The van der Waals surface area contributed by atoms with Gasteiger partial charge < -0.3 is 4.74 Å². The van der Waals surface area contributed by atoms with Crippen molar-refractivity contribution in [1.29, 1.82) is 0 Å². The summed E-state index contributed by atoms with van der Waals surface area (Å²) in [6.07, 6.45) is 1.72. The highest BCUT2D eigenvalue weighted by atomic mass is 16.7. The van der Waals surface area contributed by atoms with Crippen LogP contribution in [0.25, 0.3) is 11.3 Å². The van der Waals surface area contributed by atoms with Gasteiger partial charge in [0.1, 0.15) is 31.2 Å². The molecule has 0 spiro atoms. The number of hydrogen-bond acceptors (Lipinski definition) is 6. The molecule has 0 bridgehead atoms. The van der Waals surface area contributed by atoms with Crippen LogP contribution in [0.2, 0.25) is 0 Å². The number of benzene rings is 2. The third kappa shape index (κ3) is 5.97. The quantitative estimate of drug-likeness (QED) is 0.243. The Morgan fingerprint density at radius 2 is 1.62 bits per heavy atom. The second kappa shape index (κ2) is 11.1. The molecule has 0 saturated carbocycles. The van der Waals surface area contributed by atoms with Crippen LogP contribution in [0.1, 0.15) is 61.3 Å². The second-order valence-electron chi connectivity index (χ2n) is 10.3. The number of unbranched alkanes of at least 4 members (excludes halogenated alkanes) is 1. The maximum Gasteiger partial charge on any atom is 0.294 e. The van der Waals surface area contributed by atoms with Crippen molar-refractivity contribution in [3.8, 4) is 17.0 Å². The first-order valence-corrected chi connectivity index (χ1v) is 12.7. The largest absolute Gasteiger partial charge is 0.491 e. The van der Waals surface area contributed by atoms with E-state index in [1.165, 1.54) is 0 Å². The molecule has 0 unspecified atom stereocenters. The highest BCUT2D eigenvalue weighted by molar-refractivity contribution is 6.20. The molecule has 1 aromatic heterocycles. The lowest BCUT2D eigenvalue weighted by Gasteiger charge is -2.32. The first-order valence-electron chi connectivity index (χ1n) is 12.7. The Hall–Kier alpha value is -3.78. The Kier molecular flexibility index (Phi) is 7.88. The van der Waals surface area contributed by atoms with Crippen LogP contribution in [-0.4, -0.2) is 41.2 Å². The molecule has 2 aromatic carbocycles. The minimum Gasteiger partial charge on any atom is -0.491 e. The SMILES string of the molecule is CCCCNc1ccc(-c2ccc(OC[C@@H](ON3C(=O)c4ccccc4C3=O)C(C)(C)C)cc2)n[n+]1C. The van der Waals surface area contributed by atoms with Crippen molar-refractivity contribution in [3.05, 3.63) is 71.8 Å². The molecule has 0 fully saturated rings. The average Bonchev–Trinajstić information content (AvgIpc) is 3.12. The van der Waals surface area contributed by atoms with E-state index >= 15 is 0 Å². The highest BCUT2D eigenvalue weighted by Crippen LogP contribution is 2.29. The van der Waals surface area contributed by atoms with Gasteiger partial charge in [0.05, 0.1) is 17.7 Å². The first-order chi connectivity index (χ1) is 17.7. The number of carbonyl (C=O) groups is 2. The lowest BCUT2D eigenvalue weighted by atomic mass is 9.89. The van der Waals surface area contributed by atoms with Crippen LogP contribution in [-0.2, 0) is 11.9 Å². The van der Waals surface area contributed by atoms with E-state index in [9.17, 15) is 9.59 Å². The van der Waals surface area contributed by atoms with Gasteiger partial charge in [0, 0.05) is 11.6 Å². The molecule has 4 rings (SSSR count). The minimum absolute atomic E-state index is 0.168. The van der Waals surface area contributed by atoms with Crippen LogP contribution in [0.15, 0.2) is 60.7 Å². The van der Waals surface area contributed by atoms with Crippen LogP contribution in [0.5, 0.6) is 5.75 Å². The number of imide groups is 1.